The third-order valence-electron chi connectivity index (χ3n) is 2.84. The Hall–Kier alpha value is -1.06. The molecule has 0 radical (unpaired) electrons. The van der Waals surface area contributed by atoms with Gasteiger partial charge < -0.3 is 15.2 Å². The fourth-order valence-electron chi connectivity index (χ4n) is 1.87. The Kier molecular flexibility index (Phi) is 6.76. The highest BCUT2D eigenvalue weighted by molar-refractivity contribution is 5.28. The Morgan fingerprint density at radius 2 is 2.11 bits per heavy atom. The lowest BCUT2D eigenvalue weighted by molar-refractivity contribution is 0.242. The van der Waals surface area contributed by atoms with Crippen molar-refractivity contribution in [1.82, 2.24) is 5.32 Å². The molecule has 0 spiro atoms. The van der Waals surface area contributed by atoms with Crippen LogP contribution in [0.2, 0.25) is 0 Å². The highest BCUT2D eigenvalue weighted by Crippen LogP contribution is 2.15. The zero-order valence-corrected chi connectivity index (χ0v) is 11.6. The van der Waals surface area contributed by atoms with Crippen LogP contribution in [0.1, 0.15) is 39.2 Å². The van der Waals surface area contributed by atoms with Gasteiger partial charge in [0.05, 0.1) is 6.10 Å². The summed E-state index contributed by atoms with van der Waals surface area (Å²) < 4.78 is 5.67. The first kappa shape index (κ1) is 15.0. The summed E-state index contributed by atoms with van der Waals surface area (Å²) in [6.45, 7) is 7.24. The number of nitrogens with one attached hydrogen (secondary N) is 1. The summed E-state index contributed by atoms with van der Waals surface area (Å²) in [5, 5.41) is 12.4. The first-order valence-corrected chi connectivity index (χ1v) is 6.75. The van der Waals surface area contributed by atoms with Crippen LogP contribution in [0.4, 0.5) is 0 Å². The van der Waals surface area contributed by atoms with Crippen molar-refractivity contribution < 1.29 is 9.84 Å². The molecule has 0 fully saturated rings. The largest absolute Gasteiger partial charge is 0.491 e. The molecular formula is C15H25NO2. The third-order valence-corrected chi connectivity index (χ3v) is 2.84. The van der Waals surface area contributed by atoms with Crippen molar-refractivity contribution in [3.63, 3.8) is 0 Å². The van der Waals surface area contributed by atoms with Crippen LogP contribution in [0.5, 0.6) is 5.75 Å². The van der Waals surface area contributed by atoms with Crippen LogP contribution in [-0.4, -0.2) is 23.9 Å². The second-order valence-electron chi connectivity index (χ2n) is 4.81. The van der Waals surface area contributed by atoms with E-state index in [1.165, 1.54) is 5.56 Å². The van der Waals surface area contributed by atoms with Crippen molar-refractivity contribution in [2.24, 2.45) is 0 Å². The Morgan fingerprint density at radius 3 is 2.72 bits per heavy atom. The molecule has 18 heavy (non-hydrogen) atoms. The van der Waals surface area contributed by atoms with E-state index in [0.717, 1.165) is 25.1 Å². The van der Waals surface area contributed by atoms with Crippen molar-refractivity contribution in [3.8, 4) is 5.75 Å². The fourth-order valence-corrected chi connectivity index (χ4v) is 1.87. The van der Waals surface area contributed by atoms with Crippen LogP contribution in [-0.2, 0) is 6.54 Å². The maximum Gasteiger partial charge on any atom is 0.120 e. The monoisotopic (exact) mass is 251 g/mol. The predicted molar refractivity (Wildman–Crippen MR) is 74.8 cm³/mol. The summed E-state index contributed by atoms with van der Waals surface area (Å²) in [6, 6.07) is 8.53. The van der Waals surface area contributed by atoms with E-state index in [1.54, 1.807) is 0 Å². The van der Waals surface area contributed by atoms with Crippen molar-refractivity contribution >= 4 is 0 Å². The van der Waals surface area contributed by atoms with Gasteiger partial charge in [-0.1, -0.05) is 19.1 Å². The Morgan fingerprint density at radius 1 is 1.33 bits per heavy atom. The van der Waals surface area contributed by atoms with Gasteiger partial charge in [0, 0.05) is 19.2 Å². The molecule has 0 bridgehead atoms. The topological polar surface area (TPSA) is 41.5 Å². The first-order valence-electron chi connectivity index (χ1n) is 6.75. The van der Waals surface area contributed by atoms with Gasteiger partial charge in [-0.15, -0.1) is 0 Å². The molecule has 102 valence electrons. The number of rotatable bonds is 8. The molecule has 3 heteroatoms. The van der Waals surface area contributed by atoms with Gasteiger partial charge in [0.25, 0.3) is 0 Å². The highest BCUT2D eigenvalue weighted by atomic mass is 16.5. The van der Waals surface area contributed by atoms with Gasteiger partial charge in [0.15, 0.2) is 0 Å². The van der Waals surface area contributed by atoms with Crippen molar-refractivity contribution in [2.75, 3.05) is 6.61 Å². The van der Waals surface area contributed by atoms with Crippen molar-refractivity contribution in [2.45, 2.75) is 52.3 Å². The van der Waals surface area contributed by atoms with E-state index in [9.17, 15) is 0 Å². The number of ether oxygens (including phenoxy) is 1. The van der Waals surface area contributed by atoms with Gasteiger partial charge >= 0.3 is 0 Å². The molecule has 0 aliphatic heterocycles. The number of aliphatic hydroxyl groups is 1. The van der Waals surface area contributed by atoms with Gasteiger partial charge in [0.2, 0.25) is 0 Å². The lowest BCUT2D eigenvalue weighted by Gasteiger charge is -2.16. The van der Waals surface area contributed by atoms with E-state index in [4.69, 9.17) is 9.84 Å². The molecule has 0 aliphatic carbocycles. The molecule has 1 aromatic carbocycles. The van der Waals surface area contributed by atoms with Gasteiger partial charge in [-0.3, -0.25) is 0 Å². The SMILES string of the molecule is CCC(CCO)NCc1cccc(OC(C)C)c1. The lowest BCUT2D eigenvalue weighted by atomic mass is 10.1. The van der Waals surface area contributed by atoms with Gasteiger partial charge in [0.1, 0.15) is 5.75 Å². The minimum absolute atomic E-state index is 0.200. The number of aliphatic hydroxyl groups excluding tert-OH is 1. The van der Waals surface area contributed by atoms with Crippen LogP contribution in [0.3, 0.4) is 0 Å². The average molecular weight is 251 g/mol. The number of hydrogen-bond donors (Lipinski definition) is 2. The van der Waals surface area contributed by atoms with Crippen molar-refractivity contribution in [3.05, 3.63) is 29.8 Å². The molecule has 0 aliphatic rings. The van der Waals surface area contributed by atoms with E-state index in [0.29, 0.717) is 6.04 Å². The second kappa shape index (κ2) is 8.11. The summed E-state index contributed by atoms with van der Waals surface area (Å²) in [4.78, 5) is 0. The van der Waals surface area contributed by atoms with Crippen LogP contribution in [0.15, 0.2) is 24.3 Å². The molecular weight excluding hydrogens is 226 g/mol. The zero-order valence-electron chi connectivity index (χ0n) is 11.6. The van der Waals surface area contributed by atoms with E-state index in [-0.39, 0.29) is 12.7 Å². The average Bonchev–Trinajstić information content (AvgIpc) is 2.34. The molecule has 0 amide bonds. The Labute approximate surface area is 110 Å². The Balaban J connectivity index is 2.51. The minimum atomic E-state index is 0.200. The predicted octanol–water partition coefficient (Wildman–Crippen LogP) is 2.72. The summed E-state index contributed by atoms with van der Waals surface area (Å²) in [5.74, 6) is 0.916. The fraction of sp³-hybridized carbons (Fsp3) is 0.600. The summed E-state index contributed by atoms with van der Waals surface area (Å²) in [5.41, 5.74) is 1.21. The number of hydrogen-bond acceptors (Lipinski definition) is 3. The van der Waals surface area contributed by atoms with Crippen LogP contribution in [0.25, 0.3) is 0 Å². The van der Waals surface area contributed by atoms with Crippen LogP contribution < -0.4 is 10.1 Å². The third kappa shape index (κ3) is 5.52. The summed E-state index contributed by atoms with van der Waals surface area (Å²) in [6.07, 6.45) is 2.03. The smallest absolute Gasteiger partial charge is 0.120 e. The quantitative estimate of drug-likeness (QED) is 0.746. The summed E-state index contributed by atoms with van der Waals surface area (Å²) >= 11 is 0. The molecule has 1 rings (SSSR count). The molecule has 1 unspecified atom stereocenters. The maximum atomic E-state index is 8.95. The molecule has 0 saturated heterocycles. The summed E-state index contributed by atoms with van der Waals surface area (Å²) in [7, 11) is 0. The van der Waals surface area contributed by atoms with Gasteiger partial charge in [-0.2, -0.15) is 0 Å². The molecule has 0 aromatic heterocycles. The minimum Gasteiger partial charge on any atom is -0.491 e. The standard InChI is InChI=1S/C15H25NO2/c1-4-14(8-9-17)16-11-13-6-5-7-15(10-13)18-12(2)3/h5-7,10,12,14,16-17H,4,8-9,11H2,1-3H3. The highest BCUT2D eigenvalue weighted by Gasteiger charge is 2.05. The molecule has 2 N–H and O–H groups in total. The van der Waals surface area contributed by atoms with Crippen LogP contribution in [0, 0.1) is 0 Å². The van der Waals surface area contributed by atoms with E-state index in [1.807, 2.05) is 26.0 Å². The Bertz CT molecular complexity index is 339. The molecule has 3 nitrogen and oxygen atoms in total. The molecule has 1 aromatic rings. The van der Waals surface area contributed by atoms with Crippen molar-refractivity contribution in [1.29, 1.82) is 0 Å². The number of benzene rings is 1. The normalized spacial score (nSPS) is 12.7. The van der Waals surface area contributed by atoms with Gasteiger partial charge in [-0.05, 0) is 44.4 Å². The first-order chi connectivity index (χ1) is 8.65. The van der Waals surface area contributed by atoms with E-state index >= 15 is 0 Å². The maximum absolute atomic E-state index is 8.95. The van der Waals surface area contributed by atoms with E-state index < -0.39 is 0 Å². The molecule has 0 saturated carbocycles. The van der Waals surface area contributed by atoms with Crippen LogP contribution >= 0.6 is 0 Å². The van der Waals surface area contributed by atoms with E-state index in [2.05, 4.69) is 24.4 Å². The second-order valence-corrected chi connectivity index (χ2v) is 4.81. The lowest BCUT2D eigenvalue weighted by Crippen LogP contribution is -2.28. The zero-order chi connectivity index (χ0) is 13.4. The molecule has 1 atom stereocenters. The molecule has 0 heterocycles. The van der Waals surface area contributed by atoms with Gasteiger partial charge in [-0.25, -0.2) is 0 Å².